The van der Waals surface area contributed by atoms with Crippen LogP contribution in [-0.2, 0) is 0 Å². The minimum absolute atomic E-state index is 0.0885. The molecule has 5 heteroatoms. The summed E-state index contributed by atoms with van der Waals surface area (Å²) in [5.41, 5.74) is 2.94. The molecule has 2 rings (SSSR count). The Morgan fingerprint density at radius 3 is 2.38 bits per heavy atom. The van der Waals surface area contributed by atoms with Crippen molar-refractivity contribution in [2.45, 2.75) is 20.8 Å². The largest absolute Gasteiger partial charge is 0.316 e. The summed E-state index contributed by atoms with van der Waals surface area (Å²) in [6.07, 6.45) is 0. The van der Waals surface area contributed by atoms with Crippen LogP contribution >= 0.6 is 0 Å². The van der Waals surface area contributed by atoms with Crippen molar-refractivity contribution >= 4 is 17.3 Å². The van der Waals surface area contributed by atoms with E-state index in [1.807, 2.05) is 19.1 Å². The number of rotatable bonds is 3. The number of nitrogens with zero attached hydrogens (tertiary/aromatic N) is 1. The van der Waals surface area contributed by atoms with Crippen molar-refractivity contribution in [3.05, 3.63) is 68.8 Å². The number of nitro groups is 1. The van der Waals surface area contributed by atoms with Crippen molar-refractivity contribution < 1.29 is 9.72 Å². The van der Waals surface area contributed by atoms with Gasteiger partial charge in [-0.25, -0.2) is 0 Å². The van der Waals surface area contributed by atoms with E-state index < -0.39 is 4.92 Å². The van der Waals surface area contributed by atoms with Crippen LogP contribution in [0.5, 0.6) is 0 Å². The molecule has 5 nitrogen and oxygen atoms in total. The zero-order chi connectivity index (χ0) is 15.6. The van der Waals surface area contributed by atoms with Crippen molar-refractivity contribution in [2.24, 2.45) is 0 Å². The third-order valence-corrected chi connectivity index (χ3v) is 3.28. The normalized spacial score (nSPS) is 10.2. The minimum atomic E-state index is -0.479. The SMILES string of the molecule is Cc1cc(C)c(NC(=O)c2ccccc2C)c([N+](=O)[O-])c1. The van der Waals surface area contributed by atoms with Crippen molar-refractivity contribution in [1.82, 2.24) is 0 Å². The van der Waals surface area contributed by atoms with Gasteiger partial charge in [-0.2, -0.15) is 0 Å². The third kappa shape index (κ3) is 3.08. The molecule has 0 aliphatic rings. The second-order valence-electron chi connectivity index (χ2n) is 5.00. The Morgan fingerprint density at radius 1 is 1.10 bits per heavy atom. The molecule has 0 heterocycles. The van der Waals surface area contributed by atoms with Crippen molar-refractivity contribution in [1.29, 1.82) is 0 Å². The van der Waals surface area contributed by atoms with E-state index in [-0.39, 0.29) is 17.3 Å². The van der Waals surface area contributed by atoms with E-state index >= 15 is 0 Å². The van der Waals surface area contributed by atoms with E-state index in [4.69, 9.17) is 0 Å². The van der Waals surface area contributed by atoms with Gasteiger partial charge in [-0.05, 0) is 43.5 Å². The molecule has 21 heavy (non-hydrogen) atoms. The van der Waals surface area contributed by atoms with Crippen LogP contribution in [0.25, 0.3) is 0 Å². The Hall–Kier alpha value is -2.69. The average Bonchev–Trinajstić information content (AvgIpc) is 2.41. The molecule has 0 saturated heterocycles. The highest BCUT2D eigenvalue weighted by atomic mass is 16.6. The molecule has 1 amide bonds. The summed E-state index contributed by atoms with van der Waals surface area (Å²) in [7, 11) is 0. The smallest absolute Gasteiger partial charge is 0.293 e. The molecule has 0 aliphatic heterocycles. The first-order valence-corrected chi connectivity index (χ1v) is 6.52. The van der Waals surface area contributed by atoms with E-state index in [2.05, 4.69) is 5.32 Å². The Kier molecular flexibility index (Phi) is 4.03. The van der Waals surface area contributed by atoms with Crippen molar-refractivity contribution in [2.75, 3.05) is 5.32 Å². The Bertz CT molecular complexity index is 723. The predicted octanol–water partition coefficient (Wildman–Crippen LogP) is 3.77. The number of benzene rings is 2. The highest BCUT2D eigenvalue weighted by Crippen LogP contribution is 2.30. The molecular weight excluding hydrogens is 268 g/mol. The molecule has 1 N–H and O–H groups in total. The first kappa shape index (κ1) is 14.7. The van der Waals surface area contributed by atoms with Crippen molar-refractivity contribution in [3.8, 4) is 0 Å². The first-order valence-electron chi connectivity index (χ1n) is 6.52. The van der Waals surface area contributed by atoms with Crippen LogP contribution in [0.3, 0.4) is 0 Å². The van der Waals surface area contributed by atoms with Gasteiger partial charge in [-0.1, -0.05) is 24.3 Å². The zero-order valence-corrected chi connectivity index (χ0v) is 12.1. The van der Waals surface area contributed by atoms with Gasteiger partial charge in [0.05, 0.1) is 4.92 Å². The maximum absolute atomic E-state index is 12.3. The Morgan fingerprint density at radius 2 is 1.76 bits per heavy atom. The fourth-order valence-corrected chi connectivity index (χ4v) is 2.26. The number of carbonyl (C=O) groups is 1. The second-order valence-corrected chi connectivity index (χ2v) is 5.00. The summed E-state index contributed by atoms with van der Waals surface area (Å²) < 4.78 is 0. The molecule has 0 aliphatic carbocycles. The summed E-state index contributed by atoms with van der Waals surface area (Å²) in [6, 6.07) is 10.4. The van der Waals surface area contributed by atoms with Gasteiger partial charge in [-0.3, -0.25) is 14.9 Å². The lowest BCUT2D eigenvalue weighted by Crippen LogP contribution is -2.15. The number of amides is 1. The molecule has 0 unspecified atom stereocenters. The summed E-state index contributed by atoms with van der Waals surface area (Å²) in [5, 5.41) is 13.8. The minimum Gasteiger partial charge on any atom is -0.316 e. The van der Waals surface area contributed by atoms with Gasteiger partial charge < -0.3 is 5.32 Å². The molecule has 0 spiro atoms. The van der Waals surface area contributed by atoms with Crippen LogP contribution in [0.15, 0.2) is 36.4 Å². The molecule has 2 aromatic carbocycles. The summed E-state index contributed by atoms with van der Waals surface area (Å²) in [6.45, 7) is 5.35. The molecule has 0 radical (unpaired) electrons. The van der Waals surface area contributed by atoms with Crippen molar-refractivity contribution in [3.63, 3.8) is 0 Å². The van der Waals surface area contributed by atoms with Crippen LogP contribution < -0.4 is 5.32 Å². The van der Waals surface area contributed by atoms with Crippen LogP contribution in [0, 0.1) is 30.9 Å². The zero-order valence-electron chi connectivity index (χ0n) is 12.1. The van der Waals surface area contributed by atoms with Crippen LogP contribution in [0.4, 0.5) is 11.4 Å². The highest BCUT2D eigenvalue weighted by Gasteiger charge is 2.20. The molecular formula is C16H16N2O3. The maximum atomic E-state index is 12.3. The molecule has 2 aromatic rings. The number of aryl methyl sites for hydroxylation is 3. The maximum Gasteiger partial charge on any atom is 0.293 e. The van der Waals surface area contributed by atoms with E-state index in [0.29, 0.717) is 11.1 Å². The molecule has 108 valence electrons. The van der Waals surface area contributed by atoms with E-state index in [1.54, 1.807) is 32.0 Å². The number of hydrogen-bond acceptors (Lipinski definition) is 3. The lowest BCUT2D eigenvalue weighted by atomic mass is 10.1. The fourth-order valence-electron chi connectivity index (χ4n) is 2.26. The monoisotopic (exact) mass is 284 g/mol. The van der Waals surface area contributed by atoms with E-state index in [0.717, 1.165) is 11.1 Å². The molecule has 0 fully saturated rings. The van der Waals surface area contributed by atoms with Gasteiger partial charge in [0.25, 0.3) is 11.6 Å². The van der Waals surface area contributed by atoms with Crippen LogP contribution in [-0.4, -0.2) is 10.8 Å². The second kappa shape index (κ2) is 5.75. The average molecular weight is 284 g/mol. The predicted molar refractivity (Wildman–Crippen MR) is 81.7 cm³/mol. The quantitative estimate of drug-likeness (QED) is 0.688. The van der Waals surface area contributed by atoms with E-state index in [9.17, 15) is 14.9 Å². The molecule has 0 atom stereocenters. The van der Waals surface area contributed by atoms with Crippen LogP contribution in [0.1, 0.15) is 27.0 Å². The molecule has 0 aromatic heterocycles. The molecule has 0 saturated carbocycles. The summed E-state index contributed by atoms with van der Waals surface area (Å²) >= 11 is 0. The summed E-state index contributed by atoms with van der Waals surface area (Å²) in [5.74, 6) is -0.344. The standard InChI is InChI=1S/C16H16N2O3/c1-10-8-12(3)15(14(9-10)18(20)21)17-16(19)13-7-5-4-6-11(13)2/h4-9H,1-3H3,(H,17,19). The van der Waals surface area contributed by atoms with Gasteiger partial charge in [0.15, 0.2) is 0 Å². The Labute approximate surface area is 122 Å². The lowest BCUT2D eigenvalue weighted by Gasteiger charge is -2.11. The highest BCUT2D eigenvalue weighted by molar-refractivity contribution is 6.06. The number of carbonyl (C=O) groups excluding carboxylic acids is 1. The topological polar surface area (TPSA) is 72.2 Å². The van der Waals surface area contributed by atoms with Gasteiger partial charge in [-0.15, -0.1) is 0 Å². The number of nitrogens with one attached hydrogen (secondary N) is 1. The van der Waals surface area contributed by atoms with Gasteiger partial charge in [0.2, 0.25) is 0 Å². The Balaban J connectivity index is 2.42. The number of nitro benzene ring substituents is 1. The first-order chi connectivity index (χ1) is 9.90. The fraction of sp³-hybridized carbons (Fsp3) is 0.188. The number of anilines is 1. The van der Waals surface area contributed by atoms with Crippen LogP contribution in [0.2, 0.25) is 0 Å². The summed E-state index contributed by atoms with van der Waals surface area (Å²) in [4.78, 5) is 23.0. The van der Waals surface area contributed by atoms with Gasteiger partial charge in [0.1, 0.15) is 5.69 Å². The number of hydrogen-bond donors (Lipinski definition) is 1. The van der Waals surface area contributed by atoms with Gasteiger partial charge >= 0.3 is 0 Å². The third-order valence-electron chi connectivity index (χ3n) is 3.28. The molecule has 0 bridgehead atoms. The van der Waals surface area contributed by atoms with E-state index in [1.165, 1.54) is 6.07 Å². The lowest BCUT2D eigenvalue weighted by molar-refractivity contribution is -0.384. The van der Waals surface area contributed by atoms with Gasteiger partial charge in [0, 0.05) is 11.6 Å².